The number of allylic oxidation sites excluding steroid dienone is 4. The van der Waals surface area contributed by atoms with Gasteiger partial charge in [0.1, 0.15) is 0 Å². The summed E-state index contributed by atoms with van der Waals surface area (Å²) in [7, 11) is 0. The topological polar surface area (TPSA) is 44.1 Å². The highest BCUT2D eigenvalue weighted by Crippen LogP contribution is 2.33. The molecule has 0 aliphatic heterocycles. The molecule has 1 aliphatic rings. The van der Waals surface area contributed by atoms with Crippen molar-refractivity contribution in [2.45, 2.75) is 40.2 Å². The normalized spacial score (nSPS) is 20.2. The van der Waals surface area contributed by atoms with Crippen molar-refractivity contribution in [1.82, 2.24) is 0 Å². The van der Waals surface area contributed by atoms with Gasteiger partial charge < -0.3 is 10.5 Å². The lowest BCUT2D eigenvalue weighted by Crippen LogP contribution is -2.27. The van der Waals surface area contributed by atoms with Gasteiger partial charge >= 0.3 is 0 Å². The van der Waals surface area contributed by atoms with Crippen LogP contribution in [0, 0.1) is 11.3 Å². The van der Waals surface area contributed by atoms with E-state index >= 15 is 0 Å². The fourth-order valence-corrected chi connectivity index (χ4v) is 1.88. The Hall–Kier alpha value is -1.15. The minimum atomic E-state index is -0.887. The van der Waals surface area contributed by atoms with Crippen molar-refractivity contribution in [3.05, 3.63) is 34.9 Å². The molecular weight excluding hydrogens is 198 g/mol. The second kappa shape index (κ2) is 4.38. The van der Waals surface area contributed by atoms with Crippen LogP contribution in [0.4, 0.5) is 0 Å². The van der Waals surface area contributed by atoms with Gasteiger partial charge in [-0.15, -0.1) is 0 Å². The first kappa shape index (κ1) is 12.9. The number of nitrogens with one attached hydrogen (secondary N) is 1. The van der Waals surface area contributed by atoms with Crippen LogP contribution in [0.25, 0.3) is 0 Å². The highest BCUT2D eigenvalue weighted by molar-refractivity contribution is 6.10. The maximum Gasteiger partial charge on any atom is 0.0844 e. The maximum absolute atomic E-state index is 10.1. The van der Waals surface area contributed by atoms with Crippen LogP contribution in [0.3, 0.4) is 0 Å². The number of hydrogen-bond acceptors (Lipinski definition) is 2. The van der Waals surface area contributed by atoms with E-state index in [1.165, 1.54) is 0 Å². The van der Waals surface area contributed by atoms with Crippen molar-refractivity contribution in [3.63, 3.8) is 0 Å². The highest BCUT2D eigenvalue weighted by atomic mass is 16.3. The van der Waals surface area contributed by atoms with Crippen LogP contribution in [-0.4, -0.2) is 16.4 Å². The predicted octanol–water partition coefficient (Wildman–Crippen LogP) is 3.25. The average molecular weight is 219 g/mol. The standard InChI is InChI=1S/C14H21NO/c1-6-10-7-11(9(2)3)12(8-13(10)15)14(4,5)16/h6-9,15-16H,1-5H3/b10-6-,15-13?. The van der Waals surface area contributed by atoms with Gasteiger partial charge in [0.2, 0.25) is 0 Å². The lowest BCUT2D eigenvalue weighted by Gasteiger charge is -2.29. The van der Waals surface area contributed by atoms with Gasteiger partial charge in [-0.3, -0.25) is 0 Å². The molecule has 0 radical (unpaired) electrons. The summed E-state index contributed by atoms with van der Waals surface area (Å²) in [6, 6.07) is 0. The molecule has 16 heavy (non-hydrogen) atoms. The quantitative estimate of drug-likeness (QED) is 0.735. The second-order valence-corrected chi connectivity index (χ2v) is 5.03. The molecule has 0 bridgehead atoms. The average Bonchev–Trinajstić information content (AvgIpc) is 2.15. The second-order valence-electron chi connectivity index (χ2n) is 5.03. The molecule has 0 aromatic rings. The van der Waals surface area contributed by atoms with E-state index in [2.05, 4.69) is 13.8 Å². The molecule has 2 heteroatoms. The predicted molar refractivity (Wildman–Crippen MR) is 68.8 cm³/mol. The van der Waals surface area contributed by atoms with Crippen molar-refractivity contribution >= 4 is 5.71 Å². The van der Waals surface area contributed by atoms with Gasteiger partial charge in [-0.1, -0.05) is 19.9 Å². The molecule has 0 saturated heterocycles. The molecular formula is C14H21NO. The summed E-state index contributed by atoms with van der Waals surface area (Å²) >= 11 is 0. The summed E-state index contributed by atoms with van der Waals surface area (Å²) in [6.45, 7) is 9.68. The first-order chi connectivity index (χ1) is 7.27. The van der Waals surface area contributed by atoms with Crippen LogP contribution in [-0.2, 0) is 0 Å². The Morgan fingerprint density at radius 3 is 2.25 bits per heavy atom. The van der Waals surface area contributed by atoms with Gasteiger partial charge in [-0.2, -0.15) is 0 Å². The lowest BCUT2D eigenvalue weighted by molar-refractivity contribution is 0.121. The number of rotatable bonds is 2. The monoisotopic (exact) mass is 219 g/mol. The first-order valence-corrected chi connectivity index (χ1v) is 5.69. The zero-order valence-electron chi connectivity index (χ0n) is 10.8. The molecule has 0 atom stereocenters. The summed E-state index contributed by atoms with van der Waals surface area (Å²) in [5.41, 5.74) is 2.50. The maximum atomic E-state index is 10.1. The Bertz CT molecular complexity index is 389. The third-order valence-electron chi connectivity index (χ3n) is 2.81. The number of aliphatic hydroxyl groups is 1. The molecule has 0 fully saturated rings. The van der Waals surface area contributed by atoms with Crippen molar-refractivity contribution in [1.29, 1.82) is 5.41 Å². The van der Waals surface area contributed by atoms with Crippen LogP contribution in [0.1, 0.15) is 34.6 Å². The van der Waals surface area contributed by atoms with Crippen molar-refractivity contribution in [3.8, 4) is 0 Å². The fourth-order valence-electron chi connectivity index (χ4n) is 1.88. The van der Waals surface area contributed by atoms with Crippen molar-refractivity contribution < 1.29 is 5.11 Å². The molecule has 0 amide bonds. The Balaban J connectivity index is 3.29. The molecule has 0 aromatic heterocycles. The van der Waals surface area contributed by atoms with E-state index < -0.39 is 5.60 Å². The van der Waals surface area contributed by atoms with Gasteiger partial charge in [-0.25, -0.2) is 0 Å². The largest absolute Gasteiger partial charge is 0.386 e. The van der Waals surface area contributed by atoms with Gasteiger partial charge in [0.05, 0.1) is 11.3 Å². The first-order valence-electron chi connectivity index (χ1n) is 5.69. The molecule has 88 valence electrons. The van der Waals surface area contributed by atoms with E-state index in [0.717, 1.165) is 16.7 Å². The zero-order valence-corrected chi connectivity index (χ0v) is 10.8. The van der Waals surface area contributed by atoms with E-state index in [9.17, 15) is 5.11 Å². The molecule has 0 spiro atoms. The van der Waals surface area contributed by atoms with E-state index in [0.29, 0.717) is 11.6 Å². The molecule has 0 heterocycles. The van der Waals surface area contributed by atoms with Crippen LogP contribution in [0.5, 0.6) is 0 Å². The minimum Gasteiger partial charge on any atom is -0.386 e. The van der Waals surface area contributed by atoms with E-state index in [1.54, 1.807) is 19.9 Å². The Labute approximate surface area is 97.9 Å². The molecule has 0 aromatic carbocycles. The van der Waals surface area contributed by atoms with Gasteiger partial charge in [-0.05, 0) is 55.6 Å². The van der Waals surface area contributed by atoms with E-state index in [1.807, 2.05) is 19.1 Å². The molecule has 0 unspecified atom stereocenters. The molecule has 1 rings (SSSR count). The van der Waals surface area contributed by atoms with Crippen LogP contribution in [0.2, 0.25) is 0 Å². The zero-order chi connectivity index (χ0) is 12.5. The third-order valence-corrected chi connectivity index (χ3v) is 2.81. The van der Waals surface area contributed by atoms with Gasteiger partial charge in [0, 0.05) is 0 Å². The fraction of sp³-hybridized carbons (Fsp3) is 0.500. The minimum absolute atomic E-state index is 0.348. The molecule has 2 nitrogen and oxygen atoms in total. The summed E-state index contributed by atoms with van der Waals surface area (Å²) in [6.07, 6.45) is 5.73. The molecule has 0 saturated carbocycles. The number of hydrogen-bond donors (Lipinski definition) is 2. The highest BCUT2D eigenvalue weighted by Gasteiger charge is 2.27. The SMILES string of the molecule is C/C=C1/C=C(C(C)C)C(C(C)(C)O)=CC1=N. The third kappa shape index (κ3) is 2.50. The van der Waals surface area contributed by atoms with E-state index in [-0.39, 0.29) is 0 Å². The van der Waals surface area contributed by atoms with Crippen LogP contribution >= 0.6 is 0 Å². The Morgan fingerprint density at radius 2 is 1.88 bits per heavy atom. The summed E-state index contributed by atoms with van der Waals surface area (Å²) in [4.78, 5) is 0. The van der Waals surface area contributed by atoms with Crippen molar-refractivity contribution in [2.75, 3.05) is 0 Å². The van der Waals surface area contributed by atoms with Crippen LogP contribution < -0.4 is 0 Å². The van der Waals surface area contributed by atoms with Gasteiger partial charge in [0.25, 0.3) is 0 Å². The lowest BCUT2D eigenvalue weighted by atomic mass is 9.79. The Kier molecular flexibility index (Phi) is 3.54. The van der Waals surface area contributed by atoms with Crippen molar-refractivity contribution in [2.24, 2.45) is 5.92 Å². The van der Waals surface area contributed by atoms with E-state index in [4.69, 9.17) is 5.41 Å². The molecule has 1 aliphatic carbocycles. The Morgan fingerprint density at radius 1 is 1.31 bits per heavy atom. The molecule has 2 N–H and O–H groups in total. The summed E-state index contributed by atoms with van der Waals surface area (Å²) in [5.74, 6) is 0.348. The van der Waals surface area contributed by atoms with Crippen LogP contribution in [0.15, 0.2) is 34.9 Å². The summed E-state index contributed by atoms with van der Waals surface area (Å²) < 4.78 is 0. The summed E-state index contributed by atoms with van der Waals surface area (Å²) in [5, 5.41) is 18.0. The smallest absolute Gasteiger partial charge is 0.0844 e. The van der Waals surface area contributed by atoms with Gasteiger partial charge in [0.15, 0.2) is 0 Å².